The molecule has 0 aliphatic heterocycles. The standard InChI is InChI=1S/C12H9IN2O2/c13-8-2-1-3-9(6-8)17-10-4-5-15-11(7-10)12(14)16/h1-7H,(H2,14,16). The Bertz CT molecular complexity index is 558. The third-order valence-corrected chi connectivity index (χ3v) is 2.69. The molecule has 1 heterocycles. The van der Waals surface area contributed by atoms with Gasteiger partial charge in [-0.2, -0.15) is 0 Å². The molecule has 4 nitrogen and oxygen atoms in total. The zero-order chi connectivity index (χ0) is 12.3. The second kappa shape index (κ2) is 5.13. The molecule has 0 aliphatic rings. The predicted molar refractivity (Wildman–Crippen MR) is 72.0 cm³/mol. The van der Waals surface area contributed by atoms with E-state index in [2.05, 4.69) is 27.6 Å². The van der Waals surface area contributed by atoms with Gasteiger partial charge in [-0.05, 0) is 46.9 Å². The van der Waals surface area contributed by atoms with Gasteiger partial charge in [-0.3, -0.25) is 9.78 Å². The molecular weight excluding hydrogens is 331 g/mol. The number of amides is 1. The van der Waals surface area contributed by atoms with E-state index in [1.54, 1.807) is 6.07 Å². The maximum atomic E-state index is 11.0. The molecule has 1 amide bonds. The van der Waals surface area contributed by atoms with Gasteiger partial charge in [0.25, 0.3) is 5.91 Å². The van der Waals surface area contributed by atoms with E-state index < -0.39 is 5.91 Å². The molecule has 0 bridgehead atoms. The minimum absolute atomic E-state index is 0.188. The van der Waals surface area contributed by atoms with E-state index in [1.165, 1.54) is 12.3 Å². The lowest BCUT2D eigenvalue weighted by molar-refractivity contribution is 0.0995. The number of ether oxygens (including phenoxy) is 1. The average molecular weight is 340 g/mol. The predicted octanol–water partition coefficient (Wildman–Crippen LogP) is 2.58. The maximum Gasteiger partial charge on any atom is 0.267 e. The van der Waals surface area contributed by atoms with Gasteiger partial charge in [0, 0.05) is 15.8 Å². The lowest BCUT2D eigenvalue weighted by Gasteiger charge is -2.06. The summed E-state index contributed by atoms with van der Waals surface area (Å²) < 4.78 is 6.67. The van der Waals surface area contributed by atoms with Crippen LogP contribution in [0.1, 0.15) is 10.5 Å². The molecule has 86 valence electrons. The number of hydrogen-bond acceptors (Lipinski definition) is 3. The van der Waals surface area contributed by atoms with Crippen LogP contribution in [0.3, 0.4) is 0 Å². The Morgan fingerprint density at radius 3 is 2.71 bits per heavy atom. The van der Waals surface area contributed by atoms with Crippen molar-refractivity contribution in [2.75, 3.05) is 0 Å². The van der Waals surface area contributed by atoms with Gasteiger partial charge >= 0.3 is 0 Å². The van der Waals surface area contributed by atoms with Gasteiger partial charge in [-0.1, -0.05) is 6.07 Å². The Hall–Kier alpha value is -1.63. The number of pyridine rings is 1. The number of aromatic nitrogens is 1. The molecule has 0 aliphatic carbocycles. The maximum absolute atomic E-state index is 11.0. The molecule has 2 aromatic rings. The highest BCUT2D eigenvalue weighted by molar-refractivity contribution is 14.1. The van der Waals surface area contributed by atoms with Crippen LogP contribution >= 0.6 is 22.6 Å². The molecule has 0 saturated carbocycles. The molecule has 1 aromatic carbocycles. The molecule has 0 fully saturated rings. The first-order valence-electron chi connectivity index (χ1n) is 4.84. The molecule has 0 spiro atoms. The summed E-state index contributed by atoms with van der Waals surface area (Å²) in [7, 11) is 0. The van der Waals surface area contributed by atoms with Gasteiger partial charge in [0.05, 0.1) is 0 Å². The fourth-order valence-electron chi connectivity index (χ4n) is 1.28. The van der Waals surface area contributed by atoms with E-state index >= 15 is 0 Å². The van der Waals surface area contributed by atoms with Gasteiger partial charge in [0.2, 0.25) is 0 Å². The molecule has 1 aromatic heterocycles. The zero-order valence-corrected chi connectivity index (χ0v) is 10.9. The first kappa shape index (κ1) is 11.8. The molecule has 0 atom stereocenters. The van der Waals surface area contributed by atoms with Crippen molar-refractivity contribution < 1.29 is 9.53 Å². The SMILES string of the molecule is NC(=O)c1cc(Oc2cccc(I)c2)ccn1. The smallest absolute Gasteiger partial charge is 0.267 e. The molecule has 5 heteroatoms. The fourth-order valence-corrected chi connectivity index (χ4v) is 1.79. The molecule has 0 radical (unpaired) electrons. The monoisotopic (exact) mass is 340 g/mol. The van der Waals surface area contributed by atoms with Crippen molar-refractivity contribution in [1.82, 2.24) is 4.98 Å². The number of nitrogens with zero attached hydrogens (tertiary/aromatic N) is 1. The lowest BCUT2D eigenvalue weighted by atomic mass is 10.3. The normalized spacial score (nSPS) is 9.94. The number of carbonyl (C=O) groups excluding carboxylic acids is 1. The fraction of sp³-hybridized carbons (Fsp3) is 0. The van der Waals surface area contributed by atoms with E-state index in [1.807, 2.05) is 24.3 Å². The van der Waals surface area contributed by atoms with E-state index in [4.69, 9.17) is 10.5 Å². The van der Waals surface area contributed by atoms with E-state index in [0.29, 0.717) is 11.5 Å². The second-order valence-electron chi connectivity index (χ2n) is 3.30. The molecule has 2 N–H and O–H groups in total. The molecular formula is C12H9IN2O2. The summed E-state index contributed by atoms with van der Waals surface area (Å²) in [6.07, 6.45) is 1.49. The first-order valence-corrected chi connectivity index (χ1v) is 5.92. The molecule has 17 heavy (non-hydrogen) atoms. The van der Waals surface area contributed by atoms with Crippen LogP contribution in [-0.2, 0) is 0 Å². The quantitative estimate of drug-likeness (QED) is 0.874. The Kier molecular flexibility index (Phi) is 3.58. The number of benzene rings is 1. The Morgan fingerprint density at radius 1 is 1.24 bits per heavy atom. The number of halogens is 1. The highest BCUT2D eigenvalue weighted by Crippen LogP contribution is 2.22. The second-order valence-corrected chi connectivity index (χ2v) is 4.55. The topological polar surface area (TPSA) is 65.2 Å². The third-order valence-electron chi connectivity index (χ3n) is 2.02. The van der Waals surface area contributed by atoms with Gasteiger partial charge < -0.3 is 10.5 Å². The van der Waals surface area contributed by atoms with Gasteiger partial charge in [-0.15, -0.1) is 0 Å². The van der Waals surface area contributed by atoms with Crippen LogP contribution < -0.4 is 10.5 Å². The summed E-state index contributed by atoms with van der Waals surface area (Å²) in [6.45, 7) is 0. The van der Waals surface area contributed by atoms with Crippen LogP contribution in [0.15, 0.2) is 42.6 Å². The Morgan fingerprint density at radius 2 is 2.00 bits per heavy atom. The van der Waals surface area contributed by atoms with Crippen LogP contribution in [0.2, 0.25) is 0 Å². The van der Waals surface area contributed by atoms with Gasteiger partial charge in [0.1, 0.15) is 17.2 Å². The van der Waals surface area contributed by atoms with E-state index in [9.17, 15) is 4.79 Å². The van der Waals surface area contributed by atoms with Crippen LogP contribution in [0, 0.1) is 3.57 Å². The third kappa shape index (κ3) is 3.16. The zero-order valence-electron chi connectivity index (χ0n) is 8.76. The van der Waals surface area contributed by atoms with Crippen LogP contribution in [0.5, 0.6) is 11.5 Å². The lowest BCUT2D eigenvalue weighted by Crippen LogP contribution is -2.12. The molecule has 0 unspecified atom stereocenters. The van der Waals surface area contributed by atoms with Gasteiger partial charge in [0.15, 0.2) is 0 Å². The Balaban J connectivity index is 2.24. The minimum Gasteiger partial charge on any atom is -0.457 e. The summed E-state index contributed by atoms with van der Waals surface area (Å²) in [5.74, 6) is 0.674. The Labute approximate surface area is 112 Å². The van der Waals surface area contributed by atoms with Crippen molar-refractivity contribution >= 4 is 28.5 Å². The largest absolute Gasteiger partial charge is 0.457 e. The number of nitrogens with two attached hydrogens (primary N) is 1. The van der Waals surface area contributed by atoms with Crippen molar-refractivity contribution in [2.24, 2.45) is 5.73 Å². The number of hydrogen-bond donors (Lipinski definition) is 1. The van der Waals surface area contributed by atoms with Crippen molar-refractivity contribution in [2.45, 2.75) is 0 Å². The molecule has 2 rings (SSSR count). The van der Waals surface area contributed by atoms with E-state index in [0.717, 1.165) is 3.57 Å². The summed E-state index contributed by atoms with van der Waals surface area (Å²) >= 11 is 2.20. The highest BCUT2D eigenvalue weighted by atomic mass is 127. The van der Waals surface area contributed by atoms with Crippen molar-refractivity contribution in [1.29, 1.82) is 0 Å². The van der Waals surface area contributed by atoms with Gasteiger partial charge in [-0.25, -0.2) is 0 Å². The molecule has 0 saturated heterocycles. The highest BCUT2D eigenvalue weighted by Gasteiger charge is 2.04. The van der Waals surface area contributed by atoms with Crippen molar-refractivity contribution in [3.63, 3.8) is 0 Å². The van der Waals surface area contributed by atoms with E-state index in [-0.39, 0.29) is 5.69 Å². The number of rotatable bonds is 3. The minimum atomic E-state index is -0.571. The van der Waals surface area contributed by atoms with Crippen LogP contribution in [0.4, 0.5) is 0 Å². The van der Waals surface area contributed by atoms with Crippen LogP contribution in [-0.4, -0.2) is 10.9 Å². The first-order chi connectivity index (χ1) is 8.15. The summed E-state index contributed by atoms with van der Waals surface area (Å²) in [5.41, 5.74) is 5.33. The average Bonchev–Trinajstić information content (AvgIpc) is 2.29. The van der Waals surface area contributed by atoms with Crippen molar-refractivity contribution in [3.05, 3.63) is 51.9 Å². The number of primary amides is 1. The van der Waals surface area contributed by atoms with Crippen molar-refractivity contribution in [3.8, 4) is 11.5 Å². The summed E-state index contributed by atoms with van der Waals surface area (Å²) in [6, 6.07) is 10.8. The number of carbonyl (C=O) groups is 1. The summed E-state index contributed by atoms with van der Waals surface area (Å²) in [4.78, 5) is 14.8. The summed E-state index contributed by atoms with van der Waals surface area (Å²) in [5, 5.41) is 0. The van der Waals surface area contributed by atoms with Crippen LogP contribution in [0.25, 0.3) is 0 Å².